The predicted octanol–water partition coefficient (Wildman–Crippen LogP) is 7.06. The van der Waals surface area contributed by atoms with Crippen LogP contribution in [0.1, 0.15) is 63.2 Å². The van der Waals surface area contributed by atoms with Gasteiger partial charge in [-0.2, -0.15) is 0 Å². The van der Waals surface area contributed by atoms with E-state index in [0.29, 0.717) is 135 Å². The second-order valence-corrected chi connectivity index (χ2v) is 59.1. The number of aliphatic hydroxyl groups is 10. The topological polar surface area (TPSA) is 535 Å². The van der Waals surface area contributed by atoms with Gasteiger partial charge in [-0.05, 0) is 206 Å². The molecule has 0 spiro atoms. The minimum Gasteiger partial charge on any atom is -0.397 e. The number of imidazole rings is 5. The largest absolute Gasteiger partial charge is 0.397 e. The third-order valence-electron chi connectivity index (χ3n) is 21.2. The third-order valence-corrected chi connectivity index (χ3v) is 31.0. The van der Waals surface area contributed by atoms with Crippen LogP contribution in [0.25, 0.3) is 55.8 Å². The van der Waals surface area contributed by atoms with Gasteiger partial charge in [0.2, 0.25) is 5.28 Å². The monoisotopic (exact) mass is 2010 g/mol. The molecule has 45 heteroatoms. The Balaban J connectivity index is 0.000000148. The smallest absolute Gasteiger partial charge is 0.207 e. The van der Waals surface area contributed by atoms with Gasteiger partial charge in [-0.15, -0.1) is 65.9 Å². The number of pyridine rings is 5. The molecule has 15 rings (SSSR count). The minimum absolute atomic E-state index is 0.109. The van der Waals surface area contributed by atoms with E-state index in [9.17, 15) is 51.1 Å². The van der Waals surface area contributed by atoms with Crippen molar-refractivity contribution in [2.24, 2.45) is 0 Å². The van der Waals surface area contributed by atoms with E-state index in [1.165, 1.54) is 22.5 Å². The first-order valence-electron chi connectivity index (χ1n) is 38.8. The van der Waals surface area contributed by atoms with Gasteiger partial charge in [0, 0.05) is 53.6 Å². The minimum atomic E-state index is -1.25. The molecule has 5 saturated heterocycles. The summed E-state index contributed by atoms with van der Waals surface area (Å²) in [6.07, 6.45) is 21.9. The molecule has 10 aromatic heterocycles. The lowest BCUT2D eigenvalue weighted by Crippen LogP contribution is -2.32. The van der Waals surface area contributed by atoms with Crippen LogP contribution in [0.2, 0.25) is 5.28 Å². The molecule has 5 fully saturated rings. The highest BCUT2D eigenvalue weighted by molar-refractivity contribution is 14.1. The van der Waals surface area contributed by atoms with Crippen molar-refractivity contribution in [3.63, 3.8) is 0 Å². The Hall–Kier alpha value is -4.93. The number of aromatic nitrogens is 15. The second-order valence-electron chi connectivity index (χ2n) is 34.4. The molecule has 121 heavy (non-hydrogen) atoms. The maximum Gasteiger partial charge on any atom is 0.207 e. The summed E-state index contributed by atoms with van der Waals surface area (Å²) in [5.74, 6) is 0. The van der Waals surface area contributed by atoms with Crippen molar-refractivity contribution in [2.75, 3.05) is 132 Å². The Bertz CT molecular complexity index is 5360. The van der Waals surface area contributed by atoms with E-state index in [0.717, 1.165) is 30.8 Å². The lowest BCUT2D eigenvalue weighted by Gasteiger charge is -2.19. The fraction of sp³-hybridized carbons (Fsp3) is 0.539. The Morgan fingerprint density at radius 3 is 1.04 bits per heavy atom. The highest BCUT2D eigenvalue weighted by Crippen LogP contribution is 2.48. The summed E-state index contributed by atoms with van der Waals surface area (Å²) in [5, 5.41) is 105. The first-order valence-corrected chi connectivity index (χ1v) is 57.9. The third kappa shape index (κ3) is 22.3. The molecule has 10 aromatic rings. The highest BCUT2D eigenvalue weighted by Gasteiger charge is 2.50. The van der Waals surface area contributed by atoms with Gasteiger partial charge in [0.25, 0.3) is 0 Å². The summed E-state index contributed by atoms with van der Waals surface area (Å²) in [7, 11) is 0. The van der Waals surface area contributed by atoms with Crippen molar-refractivity contribution < 1.29 is 74.7 Å². The molecule has 21 N–H and O–H groups in total. The molecule has 0 amide bonds. The summed E-state index contributed by atoms with van der Waals surface area (Å²) >= 11 is 18.4. The molecular weight excluding hydrogens is 1890 g/mol. The van der Waals surface area contributed by atoms with Crippen molar-refractivity contribution in [3.05, 3.63) is 79.9 Å². The number of nitrogens with zero attached hydrogens (tertiary/aromatic N) is 14. The lowest BCUT2D eigenvalue weighted by atomic mass is 10.1. The maximum absolute atomic E-state index is 10.6. The molecule has 0 aromatic carbocycles. The van der Waals surface area contributed by atoms with Crippen LogP contribution in [0.4, 0.5) is 28.4 Å². The van der Waals surface area contributed by atoms with Gasteiger partial charge in [-0.3, -0.25) is 22.8 Å². The van der Waals surface area contributed by atoms with Crippen LogP contribution in [-0.2, 0) is 23.7 Å². The number of nitrogen functional groups attached to an aromatic ring is 5. The number of fused-ring (bicyclic) bond motifs is 5. The van der Waals surface area contributed by atoms with Crippen LogP contribution in [0.3, 0.4) is 0 Å². The zero-order valence-corrected chi connectivity index (χ0v) is 79.9. The number of nitrogens with two attached hydrogens (primary N) is 5. The summed E-state index contributed by atoms with van der Waals surface area (Å²) < 4.78 is 39.3. The van der Waals surface area contributed by atoms with Gasteiger partial charge in [-0.1, -0.05) is 11.8 Å². The van der Waals surface area contributed by atoms with Gasteiger partial charge < -0.3 is 108 Å². The maximum atomic E-state index is 10.6. The number of hydrogen-bond acceptors (Lipinski definition) is 31. The second kappa shape index (κ2) is 38.9. The Morgan fingerprint density at radius 1 is 0.413 bits per heavy atom. The van der Waals surface area contributed by atoms with E-state index in [1.54, 1.807) is 73.4 Å². The molecule has 15 heterocycles. The van der Waals surface area contributed by atoms with E-state index >= 15 is 0 Å². The number of hydrogen-bond donors (Lipinski definition) is 16. The molecule has 0 radical (unpaired) electrons. The summed E-state index contributed by atoms with van der Waals surface area (Å²) in [5.41, 5.74) is 37.4. The molecule has 35 nitrogen and oxygen atoms in total. The quantitative estimate of drug-likeness (QED) is 0.0148. The average molecular weight is 2010 g/mol. The Morgan fingerprint density at radius 2 is 0.686 bits per heavy atom. The van der Waals surface area contributed by atoms with Crippen LogP contribution in [0.5, 0.6) is 0 Å². The highest BCUT2D eigenvalue weighted by atomic mass is 127. The number of ether oxygens (including phenoxy) is 5. The van der Waals surface area contributed by atoms with Gasteiger partial charge >= 0.3 is 0 Å². The normalized spacial score (nSPS) is 27.7. The lowest BCUT2D eigenvalue weighted by molar-refractivity contribution is -0.0400. The first kappa shape index (κ1) is 96.7. The fourth-order valence-electron chi connectivity index (χ4n) is 14.5. The number of aromatic amines is 1. The van der Waals surface area contributed by atoms with Gasteiger partial charge in [0.05, 0.1) is 59.0 Å². The van der Waals surface area contributed by atoms with Crippen molar-refractivity contribution >= 4 is 224 Å². The van der Waals surface area contributed by atoms with Crippen LogP contribution in [-0.4, -0.2) is 351 Å². The number of rotatable bonds is 21. The zero-order chi connectivity index (χ0) is 88.9. The molecule has 0 saturated carbocycles. The van der Waals surface area contributed by atoms with Crippen molar-refractivity contribution in [1.29, 1.82) is 0 Å². The number of anilines is 5. The van der Waals surface area contributed by atoms with Crippen molar-refractivity contribution in [3.8, 4) is 0 Å². The number of nitrogens with one attached hydrogen (secondary N) is 1. The standard InChI is InChI=1S/C16H25N4O3PS.C15H22BrN4O3P.C15H22ClN4O3P.C15H22IN4O3P.C15H23N4O3PS/c1-24(2,3)8-6-10-12(21)13(22)15(23-10)20-14-11(19-16(20)25-4)9(17)5-7-18-14;3*1-24(2,3)7-5-9-11(21)12(22)14(23-9)20-13-10(19-15(20)16)8(17)4-6-18-13;1-23(2,3)7-5-9-11(20)12(21)14(22-9)19-13-10(18-15(19)24)8(16)4-6-17-13/h5,7,10,12-13,15,21-22H,1,6,8H2,2-4H3,(H2,17,18);3*4,6,9,11-12,14,21-22H,1,5,7H2,2-3H3,(H2,17,18);4,6,9,11-12,14,20-21H,1,5,7H2,2-3H3,(H2,16,17)(H,18,24)/t10-,12-,13-,15?;4*9-,11-,12-,14?/m11111/s1. The fourth-order valence-corrected chi connectivity index (χ4v) is 21.7. The first-order chi connectivity index (χ1) is 56.5. The molecular formula is C76H114BrClIN20O15P5S2. The molecule has 0 aliphatic carbocycles. The van der Waals surface area contributed by atoms with E-state index in [4.69, 9.17) is 76.2 Å². The SMILES string of the molecule is C=P(C)(C)CC[C@H]1OC(n2c(=S)[nH]c3c(N)ccnc32)[C@H](O)[C@@H]1O.C=P(C)(C)CC[C@H]1OC(n2c(Br)nc3c(N)ccnc32)[C@H](O)[C@@H]1O.C=P(C)(C)CC[C@H]1OC(n2c(Cl)nc3c(N)ccnc32)[C@H](O)[C@@H]1O.C=P(C)(C)CC[C@H]1OC(n2c(I)nc3c(N)ccnc32)[C@H](O)[C@@H]1O.C=P(C)(C)CC[C@H]1OC(n2c(SC)nc3c(N)ccnc32)[C@H](O)[C@@H]1O. The summed E-state index contributed by atoms with van der Waals surface area (Å²) in [6.45, 7) is 15.2. The molecule has 5 aliphatic heterocycles. The van der Waals surface area contributed by atoms with Crippen molar-refractivity contribution in [1.82, 2.24) is 72.7 Å². The molecule has 5 aliphatic rings. The number of H-pyrrole nitrogens is 1. The van der Waals surface area contributed by atoms with E-state index in [1.807, 2.05) is 6.26 Å². The predicted molar refractivity (Wildman–Crippen MR) is 511 cm³/mol. The molecule has 5 unspecified atom stereocenters. The molecule has 0 bridgehead atoms. The number of thioether (sulfide) groups is 1. The van der Waals surface area contributed by atoms with Gasteiger partial charge in [0.1, 0.15) is 88.6 Å². The Kier molecular flexibility index (Phi) is 31.1. The Labute approximate surface area is 738 Å². The van der Waals surface area contributed by atoms with E-state index < -0.39 is 157 Å². The van der Waals surface area contributed by atoms with E-state index in [-0.39, 0.29) is 5.28 Å². The van der Waals surface area contributed by atoms with Gasteiger partial charge in [0.15, 0.2) is 77.9 Å². The molecule has 20 atom stereocenters. The zero-order valence-electron chi connectivity index (χ0n) is 69.3. The number of halogens is 3. The van der Waals surface area contributed by atoms with Crippen LogP contribution in [0.15, 0.2) is 71.2 Å². The van der Waals surface area contributed by atoms with Gasteiger partial charge in [-0.25, -0.2) is 44.9 Å². The summed E-state index contributed by atoms with van der Waals surface area (Å²) in [4.78, 5) is 41.9. The van der Waals surface area contributed by atoms with Crippen LogP contribution < -0.4 is 28.7 Å². The van der Waals surface area contributed by atoms with E-state index in [2.05, 4.69) is 187 Å². The van der Waals surface area contributed by atoms with Crippen LogP contribution in [0, 0.1) is 8.60 Å². The average Bonchev–Trinajstić information content (AvgIpc) is 1.63. The molecule has 666 valence electrons. The van der Waals surface area contributed by atoms with Crippen LogP contribution >= 0.6 is 109 Å². The van der Waals surface area contributed by atoms with Crippen molar-refractivity contribution in [2.45, 2.75) is 160 Å². The number of aliphatic hydroxyl groups excluding tert-OH is 10. The summed E-state index contributed by atoms with van der Waals surface area (Å²) in [6, 6.07) is 8.32.